The molecule has 0 spiro atoms. The van der Waals surface area contributed by atoms with Crippen LogP contribution in [-0.2, 0) is 0 Å². The Balaban J connectivity index is 1.92. The van der Waals surface area contributed by atoms with E-state index in [0.29, 0.717) is 12.1 Å². The summed E-state index contributed by atoms with van der Waals surface area (Å²) in [6.45, 7) is 1.52. The van der Waals surface area contributed by atoms with Gasteiger partial charge in [0.05, 0.1) is 22.2 Å². The molecular weight excluding hydrogens is 310 g/mol. The molecule has 0 aliphatic carbocycles. The van der Waals surface area contributed by atoms with Gasteiger partial charge in [0.25, 0.3) is 11.6 Å². The summed E-state index contributed by atoms with van der Waals surface area (Å²) < 4.78 is 1.93. The van der Waals surface area contributed by atoms with Gasteiger partial charge in [-0.1, -0.05) is 0 Å². The normalized spacial score (nSPS) is 17.5. The maximum absolute atomic E-state index is 12.2. The van der Waals surface area contributed by atoms with Gasteiger partial charge < -0.3 is 10.2 Å². The first-order chi connectivity index (χ1) is 11.6. The molecule has 1 fully saturated rings. The SMILES string of the molecule is CNC(=O)c1cc([N+](=O)[O-])ccc1N1CCCC(n2cccn2)C1. The number of non-ortho nitro benzene ring substituents is 1. The zero-order chi connectivity index (χ0) is 17.1. The molecule has 1 unspecified atom stereocenters. The van der Waals surface area contributed by atoms with Crippen LogP contribution in [0.15, 0.2) is 36.7 Å². The number of hydrogen-bond donors (Lipinski definition) is 1. The Bertz CT molecular complexity index is 744. The first-order valence-corrected chi connectivity index (χ1v) is 7.84. The van der Waals surface area contributed by atoms with Crippen LogP contribution < -0.4 is 10.2 Å². The Labute approximate surface area is 139 Å². The number of carbonyl (C=O) groups is 1. The van der Waals surface area contributed by atoms with Crippen LogP contribution in [0.4, 0.5) is 11.4 Å². The molecule has 2 heterocycles. The Morgan fingerprint density at radius 2 is 2.29 bits per heavy atom. The van der Waals surface area contributed by atoms with E-state index in [1.807, 2.05) is 16.9 Å². The molecule has 1 aliphatic rings. The lowest BCUT2D eigenvalue weighted by molar-refractivity contribution is -0.384. The second kappa shape index (κ2) is 6.69. The van der Waals surface area contributed by atoms with Gasteiger partial charge in [0.2, 0.25) is 0 Å². The number of aromatic nitrogens is 2. The van der Waals surface area contributed by atoms with Crippen molar-refractivity contribution < 1.29 is 9.72 Å². The number of amides is 1. The van der Waals surface area contributed by atoms with Crippen molar-refractivity contribution in [1.82, 2.24) is 15.1 Å². The molecule has 1 N–H and O–H groups in total. The highest BCUT2D eigenvalue weighted by molar-refractivity contribution is 6.00. The summed E-state index contributed by atoms with van der Waals surface area (Å²) in [5.41, 5.74) is 0.961. The molecule has 8 heteroatoms. The lowest BCUT2D eigenvalue weighted by atomic mass is 10.0. The van der Waals surface area contributed by atoms with E-state index in [1.165, 1.54) is 19.2 Å². The van der Waals surface area contributed by atoms with Crippen LogP contribution in [0.2, 0.25) is 0 Å². The van der Waals surface area contributed by atoms with Crippen molar-refractivity contribution in [2.45, 2.75) is 18.9 Å². The molecule has 1 aromatic carbocycles. The highest BCUT2D eigenvalue weighted by Crippen LogP contribution is 2.30. The van der Waals surface area contributed by atoms with Gasteiger partial charge in [-0.3, -0.25) is 19.6 Å². The third-order valence-corrected chi connectivity index (χ3v) is 4.30. The van der Waals surface area contributed by atoms with Gasteiger partial charge in [-0.2, -0.15) is 5.10 Å². The predicted molar refractivity (Wildman–Crippen MR) is 89.2 cm³/mol. The number of benzene rings is 1. The fourth-order valence-corrected chi connectivity index (χ4v) is 3.12. The zero-order valence-electron chi connectivity index (χ0n) is 13.4. The fraction of sp³-hybridized carbons (Fsp3) is 0.375. The highest BCUT2D eigenvalue weighted by Gasteiger charge is 2.26. The number of nitrogens with zero attached hydrogens (tertiary/aromatic N) is 4. The maximum Gasteiger partial charge on any atom is 0.270 e. The van der Waals surface area contributed by atoms with E-state index in [2.05, 4.69) is 15.3 Å². The number of hydrogen-bond acceptors (Lipinski definition) is 5. The van der Waals surface area contributed by atoms with E-state index < -0.39 is 4.92 Å². The van der Waals surface area contributed by atoms with Crippen molar-refractivity contribution in [2.75, 3.05) is 25.0 Å². The number of carbonyl (C=O) groups excluding carboxylic acids is 1. The Kier molecular flexibility index (Phi) is 4.45. The molecular formula is C16H19N5O3. The van der Waals surface area contributed by atoms with Crippen molar-refractivity contribution in [3.8, 4) is 0 Å². The molecule has 1 aliphatic heterocycles. The summed E-state index contributed by atoms with van der Waals surface area (Å²) in [5.74, 6) is -0.324. The lowest BCUT2D eigenvalue weighted by Crippen LogP contribution is -2.38. The number of nitro groups is 1. The van der Waals surface area contributed by atoms with E-state index in [1.54, 1.807) is 12.3 Å². The molecule has 0 bridgehead atoms. The van der Waals surface area contributed by atoms with E-state index in [-0.39, 0.29) is 17.6 Å². The van der Waals surface area contributed by atoms with Gasteiger partial charge in [0.1, 0.15) is 0 Å². The number of piperidine rings is 1. The summed E-state index contributed by atoms with van der Waals surface area (Å²) in [4.78, 5) is 24.8. The largest absolute Gasteiger partial charge is 0.369 e. The number of rotatable bonds is 4. The predicted octanol–water partition coefficient (Wildman–Crippen LogP) is 1.99. The lowest BCUT2D eigenvalue weighted by Gasteiger charge is -2.35. The van der Waals surface area contributed by atoms with Gasteiger partial charge in [0, 0.05) is 44.7 Å². The molecule has 0 radical (unpaired) electrons. The van der Waals surface area contributed by atoms with Crippen LogP contribution in [0.3, 0.4) is 0 Å². The minimum absolute atomic E-state index is 0.0852. The molecule has 2 aromatic rings. The van der Waals surface area contributed by atoms with Crippen LogP contribution in [0.5, 0.6) is 0 Å². The van der Waals surface area contributed by atoms with Crippen molar-refractivity contribution >= 4 is 17.3 Å². The van der Waals surface area contributed by atoms with Crippen LogP contribution >= 0.6 is 0 Å². The van der Waals surface area contributed by atoms with Crippen molar-refractivity contribution in [2.24, 2.45) is 0 Å². The van der Waals surface area contributed by atoms with Crippen molar-refractivity contribution in [3.63, 3.8) is 0 Å². The van der Waals surface area contributed by atoms with E-state index in [9.17, 15) is 14.9 Å². The van der Waals surface area contributed by atoms with Crippen LogP contribution in [0.25, 0.3) is 0 Å². The first-order valence-electron chi connectivity index (χ1n) is 7.84. The summed E-state index contributed by atoms with van der Waals surface area (Å²) >= 11 is 0. The third-order valence-electron chi connectivity index (χ3n) is 4.30. The summed E-state index contributed by atoms with van der Waals surface area (Å²) in [6, 6.07) is 6.56. The maximum atomic E-state index is 12.2. The monoisotopic (exact) mass is 329 g/mol. The topological polar surface area (TPSA) is 93.3 Å². The van der Waals surface area contributed by atoms with E-state index in [0.717, 1.165) is 25.1 Å². The van der Waals surface area contributed by atoms with E-state index >= 15 is 0 Å². The molecule has 24 heavy (non-hydrogen) atoms. The van der Waals surface area contributed by atoms with Gasteiger partial charge in [0.15, 0.2) is 0 Å². The molecule has 1 amide bonds. The van der Waals surface area contributed by atoms with Crippen LogP contribution in [0.1, 0.15) is 29.2 Å². The minimum Gasteiger partial charge on any atom is -0.369 e. The average Bonchev–Trinajstić information content (AvgIpc) is 3.15. The van der Waals surface area contributed by atoms with Crippen molar-refractivity contribution in [3.05, 3.63) is 52.3 Å². The molecule has 126 valence electrons. The Hall–Kier alpha value is -2.90. The molecule has 8 nitrogen and oxygen atoms in total. The average molecular weight is 329 g/mol. The van der Waals surface area contributed by atoms with Crippen LogP contribution in [0, 0.1) is 10.1 Å². The molecule has 3 rings (SSSR count). The van der Waals surface area contributed by atoms with Gasteiger partial charge in [-0.25, -0.2) is 0 Å². The summed E-state index contributed by atoms with van der Waals surface area (Å²) in [5, 5.41) is 17.9. The Morgan fingerprint density at radius 3 is 2.96 bits per heavy atom. The van der Waals surface area contributed by atoms with Gasteiger partial charge >= 0.3 is 0 Å². The number of nitrogens with one attached hydrogen (secondary N) is 1. The van der Waals surface area contributed by atoms with Gasteiger partial charge in [-0.05, 0) is 25.0 Å². The molecule has 1 saturated heterocycles. The third kappa shape index (κ3) is 3.08. The number of anilines is 1. The zero-order valence-corrected chi connectivity index (χ0v) is 13.4. The molecule has 0 saturated carbocycles. The second-order valence-corrected chi connectivity index (χ2v) is 5.77. The fourth-order valence-electron chi connectivity index (χ4n) is 3.12. The minimum atomic E-state index is -0.487. The Morgan fingerprint density at radius 1 is 1.46 bits per heavy atom. The molecule has 1 aromatic heterocycles. The van der Waals surface area contributed by atoms with Crippen LogP contribution in [-0.4, -0.2) is 40.7 Å². The quantitative estimate of drug-likeness (QED) is 0.684. The highest BCUT2D eigenvalue weighted by atomic mass is 16.6. The van der Waals surface area contributed by atoms with Gasteiger partial charge in [-0.15, -0.1) is 0 Å². The number of nitro benzene ring substituents is 1. The summed E-state index contributed by atoms with van der Waals surface area (Å²) in [7, 11) is 1.52. The second-order valence-electron chi connectivity index (χ2n) is 5.77. The standard InChI is InChI=1S/C16H19N5O3/c1-17-16(22)14-10-12(21(23)24)5-6-15(14)19-8-2-4-13(11-19)20-9-3-7-18-20/h3,5-7,9-10,13H,2,4,8,11H2,1H3,(H,17,22). The van der Waals surface area contributed by atoms with Crippen molar-refractivity contribution in [1.29, 1.82) is 0 Å². The van der Waals surface area contributed by atoms with E-state index in [4.69, 9.17) is 0 Å². The summed E-state index contributed by atoms with van der Waals surface area (Å²) in [6.07, 6.45) is 5.67. The smallest absolute Gasteiger partial charge is 0.270 e. The first kappa shape index (κ1) is 16.0. The molecule has 1 atom stereocenters.